The van der Waals surface area contributed by atoms with Crippen LogP contribution in [0, 0.1) is 0 Å². The molecular formula is C49H42ClN5O21S4. The maximum atomic E-state index is 12.1. The number of phenols is 2. The maximum Gasteiger partial charge on any atom is 0.448 e. The predicted molar refractivity (Wildman–Crippen MR) is 288 cm³/mol. The predicted octanol–water partition coefficient (Wildman–Crippen LogP) is 4.11. The van der Waals surface area contributed by atoms with Gasteiger partial charge in [0.1, 0.15) is 28.7 Å². The van der Waals surface area contributed by atoms with Crippen molar-refractivity contribution in [1.82, 2.24) is 0 Å². The first-order valence-corrected chi connectivity index (χ1v) is 28.2. The lowest BCUT2D eigenvalue weighted by atomic mass is 10.3. The zero-order chi connectivity index (χ0) is 59.1. The van der Waals surface area contributed by atoms with Gasteiger partial charge in [-0.25, -0.2) is 28.0 Å². The lowest BCUT2D eigenvalue weighted by Crippen LogP contribution is -2.31. The Hall–Kier alpha value is -8.91. The average molecular weight is 1200 g/mol. The number of hydrogen-bond acceptors (Lipinski definition) is 23. The van der Waals surface area contributed by atoms with Crippen LogP contribution in [0.1, 0.15) is 6.42 Å². The molecule has 26 nitrogen and oxygen atoms in total. The molecule has 0 spiro atoms. The third kappa shape index (κ3) is 17.6. The first-order chi connectivity index (χ1) is 37.6. The Morgan fingerprint density at radius 2 is 0.812 bits per heavy atom. The van der Waals surface area contributed by atoms with E-state index in [1.165, 1.54) is 115 Å². The van der Waals surface area contributed by atoms with Crippen LogP contribution in [0.4, 0.5) is 28.4 Å². The molecule has 0 saturated carbocycles. The van der Waals surface area contributed by atoms with Gasteiger partial charge in [-0.2, -0.15) is 37.0 Å². The van der Waals surface area contributed by atoms with E-state index in [4.69, 9.17) is 21.5 Å². The molecule has 80 heavy (non-hydrogen) atoms. The van der Waals surface area contributed by atoms with E-state index < -0.39 is 59.0 Å². The third-order valence-corrected chi connectivity index (χ3v) is 13.1. The summed E-state index contributed by atoms with van der Waals surface area (Å²) in [7, 11) is -5.62. The number of phenolic OH excluding ortho intramolecular Hbond substituents is 2. The smallest absolute Gasteiger partial charge is 0.448 e. The average Bonchev–Trinajstić information content (AvgIpc) is 4.12. The lowest BCUT2D eigenvalue weighted by Gasteiger charge is -2.15. The molecule has 1 saturated heterocycles. The summed E-state index contributed by atoms with van der Waals surface area (Å²) in [5.41, 5.74) is 6.95. The Morgan fingerprint density at radius 3 is 1.11 bits per heavy atom. The van der Waals surface area contributed by atoms with Crippen LogP contribution in [0.25, 0.3) is 0 Å². The minimum atomic E-state index is -4.18. The number of imide groups is 4. The summed E-state index contributed by atoms with van der Waals surface area (Å²) >= 11 is 1.30. The van der Waals surface area contributed by atoms with Crippen molar-refractivity contribution in [2.45, 2.75) is 11.7 Å². The van der Waals surface area contributed by atoms with E-state index in [-0.39, 0.29) is 75.9 Å². The van der Waals surface area contributed by atoms with E-state index in [1.807, 2.05) is 0 Å². The van der Waals surface area contributed by atoms with Gasteiger partial charge in [0.2, 0.25) is 11.8 Å². The van der Waals surface area contributed by atoms with E-state index in [9.17, 15) is 68.7 Å². The zero-order valence-corrected chi connectivity index (χ0v) is 45.3. The number of carbonyl (C=O) groups is 8. The largest absolute Gasteiger partial charge is 0.508 e. The second-order valence-electron chi connectivity index (χ2n) is 15.4. The summed E-state index contributed by atoms with van der Waals surface area (Å²) in [6.07, 6.45) is 8.77. The van der Waals surface area contributed by atoms with Gasteiger partial charge < -0.3 is 28.5 Å². The zero-order valence-electron chi connectivity index (χ0n) is 41.3. The number of thioether (sulfide) groups is 1. The van der Waals surface area contributed by atoms with Crippen LogP contribution in [0.3, 0.4) is 0 Å². The number of amides is 8. The Bertz CT molecular complexity index is 3620. The molecule has 9 rings (SSSR count). The van der Waals surface area contributed by atoms with Gasteiger partial charge in [-0.3, -0.25) is 38.4 Å². The quantitative estimate of drug-likeness (QED) is 0.0848. The number of anilines is 5. The number of nitrogens with two attached hydrogens (primary N) is 1. The van der Waals surface area contributed by atoms with E-state index >= 15 is 0 Å². The summed E-state index contributed by atoms with van der Waals surface area (Å²) in [4.78, 5) is 96.1. The number of hydrogen-bond donors (Lipinski definition) is 3. The van der Waals surface area contributed by atoms with Gasteiger partial charge in [0.25, 0.3) is 35.4 Å². The van der Waals surface area contributed by atoms with Crippen molar-refractivity contribution in [3.63, 3.8) is 0 Å². The molecule has 420 valence electrons. The monoisotopic (exact) mass is 1200 g/mol. The molecule has 1 unspecified atom stereocenters. The van der Waals surface area contributed by atoms with Gasteiger partial charge in [-0.15, -0.1) is 0 Å². The van der Waals surface area contributed by atoms with E-state index in [1.54, 1.807) is 36.6 Å². The molecule has 8 amide bonds. The highest BCUT2D eigenvalue weighted by Crippen LogP contribution is 2.32. The second-order valence-corrected chi connectivity index (χ2v) is 21.2. The van der Waals surface area contributed by atoms with Crippen molar-refractivity contribution in [1.29, 1.82) is 0 Å². The topological polar surface area (TPSA) is 365 Å². The summed E-state index contributed by atoms with van der Waals surface area (Å²) in [6, 6.07) is 29.2. The van der Waals surface area contributed by atoms with Crippen LogP contribution < -0.4 is 37.9 Å². The van der Waals surface area contributed by atoms with Crippen LogP contribution in [0.15, 0.2) is 158 Å². The van der Waals surface area contributed by atoms with Crippen molar-refractivity contribution in [3.8, 4) is 28.7 Å². The molecule has 0 bridgehead atoms. The van der Waals surface area contributed by atoms with Crippen LogP contribution >= 0.6 is 22.4 Å². The maximum absolute atomic E-state index is 12.1. The molecule has 4 heterocycles. The van der Waals surface area contributed by atoms with Gasteiger partial charge in [0.05, 0.1) is 52.9 Å². The molecule has 5 aromatic rings. The Kier molecular flexibility index (Phi) is 21.0. The van der Waals surface area contributed by atoms with Crippen molar-refractivity contribution >= 4 is 128 Å². The SMILES string of the molecule is COS(=O)(=O)Oc1cccc(N2C(=O)C=CC2=O)c1.COS(=O)(=O)Oc1cccc(N2C(=O)CC(SC)C2=O)c1.Nc1cccc(O)c1.O=C1C=CC(=O)N1c1cccc(O)c1.O=C1C=CC(=O)N1c1cccc(OS(=O)(=O)Cl)c1. The fourth-order valence-electron chi connectivity index (χ4n) is 6.62. The fourth-order valence-corrected chi connectivity index (χ4v) is 8.61. The molecule has 0 aliphatic carbocycles. The van der Waals surface area contributed by atoms with Crippen LogP contribution in [0.2, 0.25) is 0 Å². The Morgan fingerprint density at radius 1 is 0.487 bits per heavy atom. The molecule has 4 aliphatic heterocycles. The van der Waals surface area contributed by atoms with Gasteiger partial charge in [0.15, 0.2) is 0 Å². The minimum absolute atomic E-state index is 0.0231. The summed E-state index contributed by atoms with van der Waals surface area (Å²) in [6.45, 7) is 0. The van der Waals surface area contributed by atoms with Crippen LogP contribution in [0.5, 0.6) is 28.7 Å². The Balaban J connectivity index is 0.000000188. The highest BCUT2D eigenvalue weighted by Gasteiger charge is 2.39. The van der Waals surface area contributed by atoms with Crippen molar-refractivity contribution in [2.75, 3.05) is 45.8 Å². The van der Waals surface area contributed by atoms with E-state index in [2.05, 4.69) is 20.9 Å². The van der Waals surface area contributed by atoms with E-state index in [0.29, 0.717) is 11.4 Å². The summed E-state index contributed by atoms with van der Waals surface area (Å²) in [5.74, 6) is -3.40. The molecule has 0 radical (unpaired) electrons. The highest BCUT2D eigenvalue weighted by atomic mass is 35.7. The number of nitrogens with zero attached hydrogens (tertiary/aromatic N) is 4. The summed E-state index contributed by atoms with van der Waals surface area (Å²) in [5, 5.41) is 17.5. The van der Waals surface area contributed by atoms with Crippen molar-refractivity contribution < 1.29 is 94.7 Å². The number of benzene rings is 5. The number of nitrogen functional groups attached to an aromatic ring is 1. The van der Waals surface area contributed by atoms with Crippen LogP contribution in [-0.4, -0.2) is 108 Å². The molecular weight excluding hydrogens is 1160 g/mol. The molecule has 31 heteroatoms. The van der Waals surface area contributed by atoms with Crippen molar-refractivity contribution in [3.05, 3.63) is 158 Å². The third-order valence-electron chi connectivity index (χ3n) is 10.0. The first-order valence-electron chi connectivity index (χ1n) is 22.0. The molecule has 1 fully saturated rings. The normalized spacial score (nSPS) is 15.6. The molecule has 0 aromatic heterocycles. The standard InChI is InChI=1S/C12H13NO6S2.C11H9NO6S.C10H6ClNO5S.C10H7NO3.C6H7NO/c1-18-21(16,17)19-9-5-3-4-8(6-9)13-11(14)7-10(20-2)12(13)15;1-17-19(15,16)18-9-4-2-3-8(7-9)12-10(13)5-6-11(12)14;11-18(15,16)17-8-3-1-2-7(6-8)12-9(13)4-5-10(12)14;12-8-3-1-2-7(6-8)11-9(13)4-5-10(11)14;7-5-2-1-3-6(8)4-5/h3-6,10H,7H2,1-2H3;2-7H,1H3;1-6H;1-6,12H;1-4,8H,7H2. The highest BCUT2D eigenvalue weighted by molar-refractivity contribution is 8.10. The Labute approximate surface area is 464 Å². The van der Waals surface area contributed by atoms with Gasteiger partial charge in [-0.05, 0) is 66.9 Å². The van der Waals surface area contributed by atoms with E-state index in [0.717, 1.165) is 58.1 Å². The number of rotatable bonds is 13. The van der Waals surface area contributed by atoms with Gasteiger partial charge in [0, 0.05) is 78.9 Å². The first kappa shape index (κ1) is 61.9. The van der Waals surface area contributed by atoms with Crippen molar-refractivity contribution in [2.24, 2.45) is 0 Å². The summed E-state index contributed by atoms with van der Waals surface area (Å²) < 4.78 is 88.2. The van der Waals surface area contributed by atoms with Gasteiger partial charge in [-0.1, -0.05) is 30.3 Å². The lowest BCUT2D eigenvalue weighted by molar-refractivity contribution is -0.122. The molecule has 5 aromatic carbocycles. The fraction of sp³-hybridized carbons (Fsp3) is 0.102. The second kappa shape index (κ2) is 27.1. The van der Waals surface area contributed by atoms with Crippen LogP contribution in [-0.2, 0) is 76.9 Å². The molecule has 4 aliphatic rings. The number of carbonyl (C=O) groups excluding carboxylic acids is 8. The number of aromatic hydroxyl groups is 2. The number of halogens is 1. The molecule has 4 N–H and O–H groups in total. The molecule has 1 atom stereocenters. The van der Waals surface area contributed by atoms with Gasteiger partial charge >= 0.3 is 30.1 Å². The minimum Gasteiger partial charge on any atom is -0.508 e.